The van der Waals surface area contributed by atoms with Crippen LogP contribution in [0, 0.1) is 6.92 Å². The number of ether oxygens (including phenoxy) is 2. The molecule has 2 aliphatic heterocycles. The summed E-state index contributed by atoms with van der Waals surface area (Å²) in [5, 5.41) is 17.5. The number of carboxylic acid groups (broad SMARTS) is 2. The van der Waals surface area contributed by atoms with E-state index in [0.717, 1.165) is 44.8 Å². The van der Waals surface area contributed by atoms with Gasteiger partial charge in [0, 0.05) is 49.4 Å². The first-order valence-corrected chi connectivity index (χ1v) is 11.3. The molecule has 0 saturated carbocycles. The summed E-state index contributed by atoms with van der Waals surface area (Å²) in [4.78, 5) is 33.0. The van der Waals surface area contributed by atoms with E-state index in [1.807, 2.05) is 6.92 Å². The molecule has 1 atom stereocenters. The molecule has 1 unspecified atom stereocenters. The number of nitrogens with zero attached hydrogens (tertiary/aromatic N) is 4. The minimum atomic E-state index is -5.08. The molecule has 2 aliphatic rings. The summed E-state index contributed by atoms with van der Waals surface area (Å²) in [5.74, 6) is -5.51. The van der Waals surface area contributed by atoms with Gasteiger partial charge in [-0.15, -0.1) is 11.3 Å². The average Bonchev–Trinajstić information content (AvgIpc) is 3.18. The molecule has 37 heavy (non-hydrogen) atoms. The van der Waals surface area contributed by atoms with Crippen molar-refractivity contribution in [3.63, 3.8) is 0 Å². The molecule has 4 rings (SSSR count). The number of likely N-dealkylation sites (tertiary alicyclic amines) is 1. The molecular formula is C20H22F6N4O6S. The molecule has 1 spiro atoms. The normalized spacial score (nSPS) is 18.9. The average molecular weight is 560 g/mol. The number of halogens is 6. The molecule has 2 saturated heterocycles. The van der Waals surface area contributed by atoms with E-state index in [4.69, 9.17) is 29.3 Å². The summed E-state index contributed by atoms with van der Waals surface area (Å²) in [7, 11) is 0. The van der Waals surface area contributed by atoms with Crippen molar-refractivity contribution < 1.29 is 55.6 Å². The predicted molar refractivity (Wildman–Crippen MR) is 114 cm³/mol. The molecule has 10 nitrogen and oxygen atoms in total. The van der Waals surface area contributed by atoms with Crippen LogP contribution in [0.5, 0.6) is 6.01 Å². The van der Waals surface area contributed by atoms with Crippen LogP contribution in [0.4, 0.5) is 26.3 Å². The fourth-order valence-corrected chi connectivity index (χ4v) is 4.16. The second-order valence-electron chi connectivity index (χ2n) is 7.93. The summed E-state index contributed by atoms with van der Waals surface area (Å²) in [5.41, 5.74) is 1.04. The number of aromatic nitrogens is 3. The summed E-state index contributed by atoms with van der Waals surface area (Å²) in [6.07, 6.45) is -4.82. The summed E-state index contributed by atoms with van der Waals surface area (Å²) in [6, 6.07) is 2.26. The van der Waals surface area contributed by atoms with E-state index in [1.165, 1.54) is 5.01 Å². The van der Waals surface area contributed by atoms with Gasteiger partial charge in [0.15, 0.2) is 0 Å². The van der Waals surface area contributed by atoms with Gasteiger partial charge in [-0.1, -0.05) is 0 Å². The minimum absolute atomic E-state index is 0.0655. The molecule has 0 aromatic carbocycles. The van der Waals surface area contributed by atoms with E-state index in [0.29, 0.717) is 6.01 Å². The number of carboxylic acids is 2. The predicted octanol–water partition coefficient (Wildman–Crippen LogP) is 3.32. The van der Waals surface area contributed by atoms with Crippen molar-refractivity contribution in [2.24, 2.45) is 0 Å². The van der Waals surface area contributed by atoms with E-state index in [-0.39, 0.29) is 11.7 Å². The number of aryl methyl sites for hydroxylation is 1. The van der Waals surface area contributed by atoms with E-state index in [1.54, 1.807) is 29.8 Å². The van der Waals surface area contributed by atoms with Crippen LogP contribution in [0.2, 0.25) is 0 Å². The topological polar surface area (TPSA) is 135 Å². The van der Waals surface area contributed by atoms with Gasteiger partial charge in [-0.2, -0.15) is 26.3 Å². The Morgan fingerprint density at radius 2 is 1.68 bits per heavy atom. The van der Waals surface area contributed by atoms with Crippen LogP contribution in [0.25, 0.3) is 0 Å². The van der Waals surface area contributed by atoms with Crippen LogP contribution in [0.1, 0.15) is 23.5 Å². The van der Waals surface area contributed by atoms with Gasteiger partial charge in [-0.3, -0.25) is 4.90 Å². The minimum Gasteiger partial charge on any atom is -0.475 e. The lowest BCUT2D eigenvalue weighted by atomic mass is 9.85. The van der Waals surface area contributed by atoms with Gasteiger partial charge in [-0.05, 0) is 13.0 Å². The van der Waals surface area contributed by atoms with Gasteiger partial charge >= 0.3 is 30.3 Å². The highest BCUT2D eigenvalue weighted by Crippen LogP contribution is 2.36. The van der Waals surface area contributed by atoms with Crippen molar-refractivity contribution >= 4 is 23.3 Å². The highest BCUT2D eigenvalue weighted by Gasteiger charge is 2.48. The zero-order valence-corrected chi connectivity index (χ0v) is 19.9. The third kappa shape index (κ3) is 10.1. The lowest BCUT2D eigenvalue weighted by Gasteiger charge is -2.52. The van der Waals surface area contributed by atoms with Crippen molar-refractivity contribution in [1.29, 1.82) is 0 Å². The van der Waals surface area contributed by atoms with Crippen LogP contribution < -0.4 is 4.74 Å². The number of aliphatic carboxylic acids is 2. The number of rotatable bonds is 4. The molecule has 4 heterocycles. The zero-order chi connectivity index (χ0) is 27.9. The maximum Gasteiger partial charge on any atom is 0.490 e. The first-order chi connectivity index (χ1) is 17.1. The Labute approximate surface area is 209 Å². The van der Waals surface area contributed by atoms with E-state index < -0.39 is 24.3 Å². The fourth-order valence-electron chi connectivity index (χ4n) is 3.35. The number of hydrogen-bond donors (Lipinski definition) is 2. The van der Waals surface area contributed by atoms with Crippen LogP contribution >= 0.6 is 11.3 Å². The van der Waals surface area contributed by atoms with Crippen molar-refractivity contribution in [2.45, 2.75) is 50.4 Å². The molecule has 0 aliphatic carbocycles. The molecular weight excluding hydrogens is 538 g/mol. The van der Waals surface area contributed by atoms with Crippen LogP contribution in [0.3, 0.4) is 0 Å². The molecule has 2 aromatic rings. The smallest absolute Gasteiger partial charge is 0.475 e. The Kier molecular flexibility index (Phi) is 10.2. The monoisotopic (exact) mass is 560 g/mol. The van der Waals surface area contributed by atoms with Crippen molar-refractivity contribution in [1.82, 2.24) is 19.9 Å². The second-order valence-corrected chi connectivity index (χ2v) is 8.87. The quantitative estimate of drug-likeness (QED) is 0.536. The Morgan fingerprint density at radius 1 is 1.14 bits per heavy atom. The van der Waals surface area contributed by atoms with Gasteiger partial charge in [0.05, 0.1) is 18.8 Å². The van der Waals surface area contributed by atoms with Crippen molar-refractivity contribution in [3.05, 3.63) is 34.5 Å². The molecule has 2 N–H and O–H groups in total. The highest BCUT2D eigenvalue weighted by atomic mass is 32.1. The molecule has 17 heteroatoms. The third-order valence-corrected chi connectivity index (χ3v) is 5.75. The molecule has 0 amide bonds. The molecule has 2 fully saturated rings. The van der Waals surface area contributed by atoms with Crippen LogP contribution in [0.15, 0.2) is 23.8 Å². The maximum atomic E-state index is 10.6. The first kappa shape index (κ1) is 30.2. The molecule has 206 valence electrons. The van der Waals surface area contributed by atoms with E-state index in [2.05, 4.69) is 25.2 Å². The third-order valence-electron chi connectivity index (χ3n) is 4.80. The highest BCUT2D eigenvalue weighted by molar-refractivity contribution is 7.09. The fraction of sp³-hybridized carbons (Fsp3) is 0.550. The van der Waals surface area contributed by atoms with Crippen molar-refractivity contribution in [3.8, 4) is 6.01 Å². The van der Waals surface area contributed by atoms with Crippen LogP contribution in [-0.4, -0.2) is 85.8 Å². The number of thiazole rings is 1. The Morgan fingerprint density at radius 3 is 2.14 bits per heavy atom. The Hall–Kier alpha value is -3.05. The van der Waals surface area contributed by atoms with Gasteiger partial charge in [0.2, 0.25) is 0 Å². The molecule has 0 bridgehead atoms. The second kappa shape index (κ2) is 12.5. The SMILES string of the molecule is Cc1csc(CN2CC3(CC(Oc4ncccn4)CCO3)C2)n1.O=C(O)C(F)(F)F.O=C(O)C(F)(F)F. The lowest BCUT2D eigenvalue weighted by molar-refractivity contribution is -0.193. The van der Waals surface area contributed by atoms with E-state index in [9.17, 15) is 26.3 Å². The molecule has 0 radical (unpaired) electrons. The number of hydrogen-bond acceptors (Lipinski definition) is 9. The zero-order valence-electron chi connectivity index (χ0n) is 19.1. The Bertz CT molecular complexity index is 1010. The van der Waals surface area contributed by atoms with Gasteiger partial charge in [-0.25, -0.2) is 24.5 Å². The maximum absolute atomic E-state index is 10.6. The molecule has 2 aromatic heterocycles. The lowest BCUT2D eigenvalue weighted by Crippen LogP contribution is -2.65. The van der Waals surface area contributed by atoms with Gasteiger partial charge in [0.25, 0.3) is 0 Å². The Balaban J connectivity index is 0.000000286. The standard InChI is InChI=1S/C16H20N4O2S.2C2HF3O2/c1-12-9-23-14(19-12)8-20-10-16(11-20)7-13(3-6-21-16)22-15-17-4-2-5-18-15;2*3-2(4,5)1(6)7/h2,4-5,9,13H,3,6-8,10-11H2,1H3;2*(H,6,7). The summed E-state index contributed by atoms with van der Waals surface area (Å²) in [6.45, 7) is 5.58. The van der Waals surface area contributed by atoms with E-state index >= 15 is 0 Å². The first-order valence-electron chi connectivity index (χ1n) is 10.4. The largest absolute Gasteiger partial charge is 0.490 e. The van der Waals surface area contributed by atoms with Crippen molar-refractivity contribution in [2.75, 3.05) is 19.7 Å². The summed E-state index contributed by atoms with van der Waals surface area (Å²) >= 11 is 1.73. The number of alkyl halides is 6. The van der Waals surface area contributed by atoms with Gasteiger partial charge in [0.1, 0.15) is 11.1 Å². The summed E-state index contributed by atoms with van der Waals surface area (Å²) < 4.78 is 75.4. The van der Waals surface area contributed by atoms with Gasteiger partial charge < -0.3 is 19.7 Å². The number of carbonyl (C=O) groups is 2. The van der Waals surface area contributed by atoms with Crippen LogP contribution in [-0.2, 0) is 20.9 Å².